The second-order valence-electron chi connectivity index (χ2n) is 4.68. The van der Waals surface area contributed by atoms with E-state index in [4.69, 9.17) is 17.4 Å². The fourth-order valence-electron chi connectivity index (χ4n) is 2.73. The van der Waals surface area contributed by atoms with Crippen LogP contribution in [0, 0.1) is 11.7 Å². The van der Waals surface area contributed by atoms with Crippen molar-refractivity contribution in [2.75, 3.05) is 0 Å². The summed E-state index contributed by atoms with van der Waals surface area (Å²) in [6.07, 6.45) is 5.81. The lowest BCUT2D eigenvalue weighted by atomic mass is 9.81. The van der Waals surface area contributed by atoms with E-state index in [0.29, 0.717) is 16.5 Å². The van der Waals surface area contributed by atoms with E-state index >= 15 is 0 Å². The Balaban J connectivity index is 2.27. The zero-order valence-corrected chi connectivity index (χ0v) is 10.5. The van der Waals surface area contributed by atoms with E-state index < -0.39 is 0 Å². The van der Waals surface area contributed by atoms with Crippen molar-refractivity contribution in [3.63, 3.8) is 0 Å². The minimum atomic E-state index is -0.272. The normalized spacial score (nSPS) is 19.2. The third kappa shape index (κ3) is 2.79. The van der Waals surface area contributed by atoms with Gasteiger partial charge in [0.05, 0.1) is 6.04 Å². The minimum Gasteiger partial charge on any atom is -0.271 e. The van der Waals surface area contributed by atoms with Crippen LogP contribution < -0.4 is 11.3 Å². The Labute approximate surface area is 106 Å². The van der Waals surface area contributed by atoms with Gasteiger partial charge in [0.25, 0.3) is 0 Å². The molecule has 0 amide bonds. The van der Waals surface area contributed by atoms with Gasteiger partial charge in [-0.3, -0.25) is 11.3 Å². The lowest BCUT2D eigenvalue weighted by Crippen LogP contribution is -2.35. The summed E-state index contributed by atoms with van der Waals surface area (Å²) in [4.78, 5) is 0. The predicted octanol–water partition coefficient (Wildman–Crippen LogP) is 3.56. The van der Waals surface area contributed by atoms with Crippen LogP contribution in [0.15, 0.2) is 18.2 Å². The molecule has 94 valence electrons. The predicted molar refractivity (Wildman–Crippen MR) is 68.0 cm³/mol. The summed E-state index contributed by atoms with van der Waals surface area (Å²) in [7, 11) is 0. The standard InChI is InChI=1S/C13H18ClFN2/c14-10-7-4-8-11(15)12(10)13(17-16)9-5-2-1-3-6-9/h4,7-9,13,17H,1-3,5-6,16H2. The van der Waals surface area contributed by atoms with E-state index in [1.165, 1.54) is 25.3 Å². The lowest BCUT2D eigenvalue weighted by molar-refractivity contribution is 0.269. The van der Waals surface area contributed by atoms with Crippen molar-refractivity contribution in [1.82, 2.24) is 5.43 Å². The molecule has 1 aliphatic carbocycles. The molecule has 17 heavy (non-hydrogen) atoms. The molecule has 1 aliphatic rings. The molecule has 2 rings (SSSR count). The average molecular weight is 257 g/mol. The lowest BCUT2D eigenvalue weighted by Gasteiger charge is -2.30. The van der Waals surface area contributed by atoms with Crippen molar-refractivity contribution in [3.05, 3.63) is 34.6 Å². The Hall–Kier alpha value is -0.640. The zero-order chi connectivity index (χ0) is 12.3. The molecule has 0 bridgehead atoms. The number of nitrogens with one attached hydrogen (secondary N) is 1. The number of rotatable bonds is 3. The fourth-order valence-corrected chi connectivity index (χ4v) is 3.01. The van der Waals surface area contributed by atoms with E-state index in [1.807, 2.05) is 0 Å². The van der Waals surface area contributed by atoms with Gasteiger partial charge in [-0.2, -0.15) is 0 Å². The molecular formula is C13H18ClFN2. The SMILES string of the molecule is NNC(c1c(F)cccc1Cl)C1CCCCC1. The highest BCUT2D eigenvalue weighted by Gasteiger charge is 2.27. The van der Waals surface area contributed by atoms with Crippen LogP contribution in [0.25, 0.3) is 0 Å². The smallest absolute Gasteiger partial charge is 0.129 e. The average Bonchev–Trinajstić information content (AvgIpc) is 2.35. The number of nitrogens with two attached hydrogens (primary N) is 1. The molecule has 1 saturated carbocycles. The van der Waals surface area contributed by atoms with E-state index in [0.717, 1.165) is 12.8 Å². The van der Waals surface area contributed by atoms with E-state index in [-0.39, 0.29) is 11.9 Å². The molecule has 1 aromatic rings. The van der Waals surface area contributed by atoms with Gasteiger partial charge in [-0.25, -0.2) is 4.39 Å². The van der Waals surface area contributed by atoms with Gasteiger partial charge < -0.3 is 0 Å². The number of halogens is 2. The van der Waals surface area contributed by atoms with Crippen LogP contribution in [0.5, 0.6) is 0 Å². The zero-order valence-electron chi connectivity index (χ0n) is 9.76. The summed E-state index contributed by atoms with van der Waals surface area (Å²) in [5, 5.41) is 0.457. The Morgan fingerprint density at radius 3 is 2.59 bits per heavy atom. The largest absolute Gasteiger partial charge is 0.271 e. The van der Waals surface area contributed by atoms with Crippen LogP contribution in [-0.2, 0) is 0 Å². The van der Waals surface area contributed by atoms with Gasteiger partial charge >= 0.3 is 0 Å². The van der Waals surface area contributed by atoms with Crippen LogP contribution >= 0.6 is 11.6 Å². The van der Waals surface area contributed by atoms with Gasteiger partial charge in [0.1, 0.15) is 5.82 Å². The first-order valence-electron chi connectivity index (χ1n) is 6.14. The van der Waals surface area contributed by atoms with Crippen LogP contribution in [0.1, 0.15) is 43.7 Å². The molecule has 0 radical (unpaired) electrons. The summed E-state index contributed by atoms with van der Waals surface area (Å²) < 4.78 is 13.9. The number of hydrazine groups is 1. The molecule has 2 nitrogen and oxygen atoms in total. The monoisotopic (exact) mass is 256 g/mol. The van der Waals surface area contributed by atoms with Crippen molar-refractivity contribution in [2.45, 2.75) is 38.1 Å². The maximum Gasteiger partial charge on any atom is 0.129 e. The van der Waals surface area contributed by atoms with Crippen molar-refractivity contribution in [2.24, 2.45) is 11.8 Å². The van der Waals surface area contributed by atoms with Crippen LogP contribution in [0.4, 0.5) is 4.39 Å². The molecule has 0 heterocycles. The Kier molecular flexibility index (Phi) is 4.37. The molecule has 0 aromatic heterocycles. The van der Waals surface area contributed by atoms with Crippen molar-refractivity contribution in [3.8, 4) is 0 Å². The first kappa shape index (κ1) is 12.8. The Morgan fingerprint density at radius 2 is 2.00 bits per heavy atom. The topological polar surface area (TPSA) is 38.0 Å². The van der Waals surface area contributed by atoms with Crippen molar-refractivity contribution < 1.29 is 4.39 Å². The third-order valence-electron chi connectivity index (χ3n) is 3.61. The molecule has 4 heteroatoms. The van der Waals surface area contributed by atoms with Crippen molar-refractivity contribution >= 4 is 11.6 Å². The molecule has 0 saturated heterocycles. The molecule has 0 spiro atoms. The number of benzene rings is 1. The van der Waals surface area contributed by atoms with Gasteiger partial charge in [0.15, 0.2) is 0 Å². The first-order chi connectivity index (χ1) is 8.24. The second kappa shape index (κ2) is 5.80. The summed E-state index contributed by atoms with van der Waals surface area (Å²) in [6, 6.07) is 4.60. The number of hydrogen-bond acceptors (Lipinski definition) is 2. The van der Waals surface area contributed by atoms with Gasteiger partial charge in [-0.1, -0.05) is 36.9 Å². The third-order valence-corrected chi connectivity index (χ3v) is 3.94. The summed E-state index contributed by atoms with van der Waals surface area (Å²) in [5.74, 6) is 5.70. The summed E-state index contributed by atoms with van der Waals surface area (Å²) in [5.41, 5.74) is 3.26. The maximum atomic E-state index is 13.9. The summed E-state index contributed by atoms with van der Waals surface area (Å²) >= 11 is 6.09. The van der Waals surface area contributed by atoms with Gasteiger partial charge in [0, 0.05) is 10.6 Å². The molecular weight excluding hydrogens is 239 g/mol. The maximum absolute atomic E-state index is 13.9. The molecule has 0 aliphatic heterocycles. The quantitative estimate of drug-likeness (QED) is 0.641. The molecule has 1 atom stereocenters. The highest BCUT2D eigenvalue weighted by Crippen LogP contribution is 2.37. The van der Waals surface area contributed by atoms with Crippen LogP contribution in [0.3, 0.4) is 0 Å². The van der Waals surface area contributed by atoms with Gasteiger partial charge in [-0.05, 0) is 30.9 Å². The summed E-state index contributed by atoms with van der Waals surface area (Å²) in [6.45, 7) is 0. The number of hydrogen-bond donors (Lipinski definition) is 2. The molecule has 3 N–H and O–H groups in total. The highest BCUT2D eigenvalue weighted by atomic mass is 35.5. The molecule has 1 fully saturated rings. The van der Waals surface area contributed by atoms with E-state index in [1.54, 1.807) is 12.1 Å². The van der Waals surface area contributed by atoms with E-state index in [9.17, 15) is 4.39 Å². The molecule has 1 unspecified atom stereocenters. The first-order valence-corrected chi connectivity index (χ1v) is 6.52. The Bertz CT molecular complexity index is 357. The highest BCUT2D eigenvalue weighted by molar-refractivity contribution is 6.31. The fraction of sp³-hybridized carbons (Fsp3) is 0.538. The Morgan fingerprint density at radius 1 is 1.29 bits per heavy atom. The van der Waals surface area contributed by atoms with Gasteiger partial charge in [-0.15, -0.1) is 0 Å². The second-order valence-corrected chi connectivity index (χ2v) is 5.08. The van der Waals surface area contributed by atoms with Crippen molar-refractivity contribution in [1.29, 1.82) is 0 Å². The van der Waals surface area contributed by atoms with Crippen LogP contribution in [-0.4, -0.2) is 0 Å². The van der Waals surface area contributed by atoms with E-state index in [2.05, 4.69) is 5.43 Å². The molecule has 1 aromatic carbocycles. The minimum absolute atomic E-state index is 0.177. The van der Waals surface area contributed by atoms with Crippen LogP contribution in [0.2, 0.25) is 5.02 Å². The van der Waals surface area contributed by atoms with Gasteiger partial charge in [0.2, 0.25) is 0 Å².